The number of rotatable bonds is 5. The van der Waals surface area contributed by atoms with Gasteiger partial charge in [0, 0.05) is 18.0 Å². The van der Waals surface area contributed by atoms with Crippen molar-refractivity contribution in [1.82, 2.24) is 14.7 Å². The van der Waals surface area contributed by atoms with E-state index in [2.05, 4.69) is 15.2 Å². The van der Waals surface area contributed by atoms with Crippen molar-refractivity contribution in [2.75, 3.05) is 25.0 Å². The average Bonchev–Trinajstić information content (AvgIpc) is 3.05. The first-order valence-corrected chi connectivity index (χ1v) is 8.11. The number of aromatic nitrogens is 2. The summed E-state index contributed by atoms with van der Waals surface area (Å²) in [5, 5.41) is 16.5. The van der Waals surface area contributed by atoms with Gasteiger partial charge in [-0.3, -0.25) is 0 Å². The van der Waals surface area contributed by atoms with Crippen LogP contribution in [0.5, 0.6) is 0 Å². The molecule has 1 unspecified atom stereocenters. The van der Waals surface area contributed by atoms with Crippen molar-refractivity contribution in [3.63, 3.8) is 0 Å². The molecule has 1 aliphatic heterocycles. The molecule has 0 radical (unpaired) electrons. The SMILES string of the molecule is CNCCC1CCCCN1c1nc2sccn2c1[N+](=O)[O-]. The number of piperidine rings is 1. The van der Waals surface area contributed by atoms with Crippen LogP contribution in [0.4, 0.5) is 11.6 Å². The Balaban J connectivity index is 1.98. The molecule has 1 saturated heterocycles. The molecule has 3 rings (SSSR count). The van der Waals surface area contributed by atoms with Crippen LogP contribution in [-0.4, -0.2) is 40.5 Å². The number of nitro groups is 1. The van der Waals surface area contributed by atoms with Gasteiger partial charge < -0.3 is 20.3 Å². The smallest absolute Gasteiger partial charge is 0.358 e. The van der Waals surface area contributed by atoms with Gasteiger partial charge in [0.25, 0.3) is 4.96 Å². The van der Waals surface area contributed by atoms with E-state index in [-0.39, 0.29) is 10.7 Å². The third-order valence-electron chi connectivity index (χ3n) is 4.02. The minimum Gasteiger partial charge on any atom is -0.358 e. The Morgan fingerprint density at radius 2 is 2.43 bits per heavy atom. The van der Waals surface area contributed by atoms with Gasteiger partial charge in [-0.25, -0.2) is 0 Å². The Hall–Kier alpha value is -1.67. The van der Waals surface area contributed by atoms with Crippen molar-refractivity contribution in [3.05, 3.63) is 21.7 Å². The molecule has 2 aromatic heterocycles. The predicted octanol–water partition coefficient (Wildman–Crippen LogP) is 2.27. The van der Waals surface area contributed by atoms with Crippen LogP contribution >= 0.6 is 11.3 Å². The van der Waals surface area contributed by atoms with Crippen molar-refractivity contribution >= 4 is 27.9 Å². The normalized spacial score (nSPS) is 19.3. The van der Waals surface area contributed by atoms with Crippen LogP contribution in [0.25, 0.3) is 4.96 Å². The van der Waals surface area contributed by atoms with Crippen LogP contribution in [0.15, 0.2) is 11.6 Å². The van der Waals surface area contributed by atoms with Crippen molar-refractivity contribution in [3.8, 4) is 0 Å². The Kier molecular flexibility index (Phi) is 4.07. The summed E-state index contributed by atoms with van der Waals surface area (Å²) in [5.41, 5.74) is 0. The summed E-state index contributed by atoms with van der Waals surface area (Å²) in [6.07, 6.45) is 6.03. The summed E-state index contributed by atoms with van der Waals surface area (Å²) < 4.78 is 1.59. The maximum atomic E-state index is 11.5. The number of hydrogen-bond acceptors (Lipinski definition) is 6. The van der Waals surface area contributed by atoms with Crippen molar-refractivity contribution in [1.29, 1.82) is 0 Å². The number of hydrogen-bond donors (Lipinski definition) is 1. The van der Waals surface area contributed by atoms with Crippen molar-refractivity contribution < 1.29 is 4.92 Å². The Labute approximate surface area is 126 Å². The highest BCUT2D eigenvalue weighted by Gasteiger charge is 2.32. The van der Waals surface area contributed by atoms with E-state index in [1.165, 1.54) is 17.8 Å². The summed E-state index contributed by atoms with van der Waals surface area (Å²) in [5.74, 6) is 0.635. The molecule has 8 heteroatoms. The van der Waals surface area contributed by atoms with E-state index in [0.717, 1.165) is 32.4 Å². The topological polar surface area (TPSA) is 75.7 Å². The van der Waals surface area contributed by atoms with E-state index in [9.17, 15) is 10.1 Å². The van der Waals surface area contributed by atoms with Gasteiger partial charge in [-0.05, 0) is 44.2 Å². The standard InChI is InChI=1S/C13H19N5O2S/c1-14-6-5-10-4-2-3-7-16(10)11-12(18(19)20)17-8-9-21-13(17)15-11/h8-10,14H,2-7H2,1H3. The molecule has 0 amide bonds. The largest absolute Gasteiger partial charge is 0.373 e. The van der Waals surface area contributed by atoms with Crippen LogP contribution in [0.1, 0.15) is 25.7 Å². The number of imidazole rings is 1. The van der Waals surface area contributed by atoms with Gasteiger partial charge in [0.2, 0.25) is 5.82 Å². The number of anilines is 1. The van der Waals surface area contributed by atoms with E-state index < -0.39 is 0 Å². The quantitative estimate of drug-likeness (QED) is 0.677. The zero-order chi connectivity index (χ0) is 14.8. The van der Waals surface area contributed by atoms with E-state index in [1.54, 1.807) is 10.6 Å². The fourth-order valence-corrected chi connectivity index (χ4v) is 3.72. The minimum atomic E-state index is -0.314. The molecule has 3 heterocycles. The third kappa shape index (κ3) is 2.60. The van der Waals surface area contributed by atoms with Crippen LogP contribution < -0.4 is 10.2 Å². The lowest BCUT2D eigenvalue weighted by Crippen LogP contribution is -2.41. The van der Waals surface area contributed by atoms with Gasteiger partial charge in [0.05, 0.1) is 0 Å². The predicted molar refractivity (Wildman–Crippen MR) is 83.3 cm³/mol. The molecule has 21 heavy (non-hydrogen) atoms. The number of nitrogens with one attached hydrogen (secondary N) is 1. The summed E-state index contributed by atoms with van der Waals surface area (Å²) >= 11 is 1.43. The fraction of sp³-hybridized carbons (Fsp3) is 0.615. The molecule has 1 aliphatic rings. The molecule has 0 aromatic carbocycles. The van der Waals surface area contributed by atoms with Crippen LogP contribution in [0.3, 0.4) is 0 Å². The molecule has 1 N–H and O–H groups in total. The van der Waals surface area contributed by atoms with E-state index in [1.807, 2.05) is 12.4 Å². The summed E-state index contributed by atoms with van der Waals surface area (Å²) in [6.45, 7) is 1.76. The monoisotopic (exact) mass is 309 g/mol. The molecule has 1 atom stereocenters. The number of nitrogens with zero attached hydrogens (tertiary/aromatic N) is 4. The summed E-state index contributed by atoms with van der Waals surface area (Å²) in [4.78, 5) is 18.5. The minimum absolute atomic E-state index is 0.0996. The van der Waals surface area contributed by atoms with Gasteiger partial charge in [-0.1, -0.05) is 11.3 Å². The number of thiazole rings is 1. The van der Waals surface area contributed by atoms with Gasteiger partial charge in [0.15, 0.2) is 0 Å². The van der Waals surface area contributed by atoms with Crippen LogP contribution in [0, 0.1) is 10.1 Å². The van der Waals surface area contributed by atoms with E-state index in [4.69, 9.17) is 0 Å². The Morgan fingerprint density at radius 3 is 3.19 bits per heavy atom. The molecule has 114 valence electrons. The third-order valence-corrected chi connectivity index (χ3v) is 4.78. The molecular formula is C13H19N5O2S. The second-order valence-corrected chi connectivity index (χ2v) is 6.18. The highest BCUT2D eigenvalue weighted by Crippen LogP contribution is 2.35. The molecule has 2 aromatic rings. The fourth-order valence-electron chi connectivity index (χ4n) is 3.02. The lowest BCUT2D eigenvalue weighted by atomic mass is 9.99. The van der Waals surface area contributed by atoms with Gasteiger partial charge in [-0.15, -0.1) is 0 Å². The van der Waals surface area contributed by atoms with E-state index >= 15 is 0 Å². The summed E-state index contributed by atoms with van der Waals surface area (Å²) in [6, 6.07) is 0.328. The maximum absolute atomic E-state index is 11.5. The highest BCUT2D eigenvalue weighted by molar-refractivity contribution is 7.15. The van der Waals surface area contributed by atoms with Crippen LogP contribution in [-0.2, 0) is 0 Å². The first-order chi connectivity index (χ1) is 10.2. The zero-order valence-corrected chi connectivity index (χ0v) is 12.8. The first kappa shape index (κ1) is 14.3. The average molecular weight is 309 g/mol. The molecular weight excluding hydrogens is 290 g/mol. The highest BCUT2D eigenvalue weighted by atomic mass is 32.1. The molecule has 7 nitrogen and oxygen atoms in total. The lowest BCUT2D eigenvalue weighted by Gasteiger charge is -2.35. The second kappa shape index (κ2) is 5.98. The molecule has 0 spiro atoms. The van der Waals surface area contributed by atoms with Crippen molar-refractivity contribution in [2.45, 2.75) is 31.7 Å². The first-order valence-electron chi connectivity index (χ1n) is 7.23. The second-order valence-electron chi connectivity index (χ2n) is 5.31. The van der Waals surface area contributed by atoms with Gasteiger partial charge in [0.1, 0.15) is 6.20 Å². The Morgan fingerprint density at radius 1 is 1.57 bits per heavy atom. The molecule has 0 aliphatic carbocycles. The zero-order valence-electron chi connectivity index (χ0n) is 12.0. The number of fused-ring (bicyclic) bond motifs is 1. The molecule has 0 bridgehead atoms. The van der Waals surface area contributed by atoms with E-state index in [0.29, 0.717) is 16.8 Å². The van der Waals surface area contributed by atoms with Crippen LogP contribution in [0.2, 0.25) is 0 Å². The molecule has 1 fully saturated rings. The summed E-state index contributed by atoms with van der Waals surface area (Å²) in [7, 11) is 1.93. The van der Waals surface area contributed by atoms with Gasteiger partial charge >= 0.3 is 5.82 Å². The lowest BCUT2D eigenvalue weighted by molar-refractivity contribution is -0.389. The van der Waals surface area contributed by atoms with Crippen molar-refractivity contribution in [2.24, 2.45) is 0 Å². The van der Waals surface area contributed by atoms with Gasteiger partial charge in [-0.2, -0.15) is 9.38 Å². The maximum Gasteiger partial charge on any atom is 0.373 e. The Bertz CT molecular complexity index is 638. The molecule has 0 saturated carbocycles.